The van der Waals surface area contributed by atoms with Crippen LogP contribution >= 0.6 is 0 Å². The average Bonchev–Trinajstić information content (AvgIpc) is 3.34. The highest BCUT2D eigenvalue weighted by atomic mass is 16.7. The molecule has 0 bridgehead atoms. The molecule has 0 radical (unpaired) electrons. The van der Waals surface area contributed by atoms with Crippen molar-refractivity contribution >= 4 is 29.6 Å². The molecular weight excluding hydrogens is 452 g/mol. The van der Waals surface area contributed by atoms with E-state index in [-0.39, 0.29) is 18.1 Å². The fraction of sp³-hybridized carbons (Fsp3) is 0.115. The third-order valence-corrected chi connectivity index (χ3v) is 5.45. The maximum atomic E-state index is 13.2. The van der Waals surface area contributed by atoms with Gasteiger partial charge in [0.05, 0.1) is 12.8 Å². The van der Waals surface area contributed by atoms with E-state index in [1.807, 2.05) is 30.3 Å². The summed E-state index contributed by atoms with van der Waals surface area (Å²) in [6.45, 7) is 0.403. The lowest BCUT2D eigenvalue weighted by Gasteiger charge is -2.26. The van der Waals surface area contributed by atoms with E-state index in [0.29, 0.717) is 35.2 Å². The first-order chi connectivity index (χ1) is 17.0. The molecule has 1 saturated heterocycles. The Bertz CT molecular complexity index is 1350. The van der Waals surface area contributed by atoms with Gasteiger partial charge in [-0.1, -0.05) is 36.4 Å². The van der Waals surface area contributed by atoms with Gasteiger partial charge in [0, 0.05) is 6.07 Å². The number of benzene rings is 3. The minimum atomic E-state index is -0.849. The number of rotatable bonds is 6. The van der Waals surface area contributed by atoms with Crippen molar-refractivity contribution in [2.45, 2.75) is 6.61 Å². The van der Waals surface area contributed by atoms with Gasteiger partial charge in [-0.05, 0) is 41.5 Å². The van der Waals surface area contributed by atoms with Crippen molar-refractivity contribution < 1.29 is 33.3 Å². The molecule has 2 aliphatic heterocycles. The van der Waals surface area contributed by atoms with Gasteiger partial charge in [-0.15, -0.1) is 0 Å². The second-order valence-corrected chi connectivity index (χ2v) is 7.68. The molecule has 0 aliphatic carbocycles. The zero-order valence-corrected chi connectivity index (χ0v) is 18.6. The fourth-order valence-corrected chi connectivity index (χ4v) is 3.71. The average molecular weight is 472 g/mol. The van der Waals surface area contributed by atoms with Gasteiger partial charge in [0.1, 0.15) is 12.2 Å². The topological polar surface area (TPSA) is 103 Å². The predicted molar refractivity (Wildman–Crippen MR) is 125 cm³/mol. The van der Waals surface area contributed by atoms with Crippen molar-refractivity contribution in [2.24, 2.45) is 0 Å². The van der Waals surface area contributed by atoms with E-state index >= 15 is 0 Å². The van der Waals surface area contributed by atoms with Gasteiger partial charge in [0.15, 0.2) is 23.0 Å². The molecule has 3 aromatic carbocycles. The number of imide groups is 2. The summed E-state index contributed by atoms with van der Waals surface area (Å²) in [6, 6.07) is 18.5. The van der Waals surface area contributed by atoms with Crippen LogP contribution in [0.15, 0.2) is 72.3 Å². The number of nitrogens with zero attached hydrogens (tertiary/aromatic N) is 1. The number of fused-ring (bicyclic) bond motifs is 1. The summed E-state index contributed by atoms with van der Waals surface area (Å²) >= 11 is 0. The van der Waals surface area contributed by atoms with E-state index in [4.69, 9.17) is 18.9 Å². The van der Waals surface area contributed by atoms with Gasteiger partial charge in [0.25, 0.3) is 11.8 Å². The number of carbonyl (C=O) groups excluding carboxylic acids is 3. The number of methoxy groups -OCH3 is 1. The Morgan fingerprint density at radius 2 is 1.74 bits per heavy atom. The summed E-state index contributed by atoms with van der Waals surface area (Å²) in [5.74, 6) is 0.299. The quantitative estimate of drug-likeness (QED) is 0.431. The number of carbonyl (C=O) groups is 3. The van der Waals surface area contributed by atoms with Crippen molar-refractivity contribution in [3.8, 4) is 23.0 Å². The molecule has 35 heavy (non-hydrogen) atoms. The Morgan fingerprint density at radius 1 is 0.943 bits per heavy atom. The second kappa shape index (κ2) is 9.22. The Morgan fingerprint density at radius 3 is 2.54 bits per heavy atom. The third kappa shape index (κ3) is 4.39. The van der Waals surface area contributed by atoms with Crippen LogP contribution in [-0.2, 0) is 16.2 Å². The van der Waals surface area contributed by atoms with E-state index in [0.717, 1.165) is 10.5 Å². The van der Waals surface area contributed by atoms with Crippen LogP contribution in [-0.4, -0.2) is 31.7 Å². The number of hydrogen-bond donors (Lipinski definition) is 1. The second-order valence-electron chi connectivity index (χ2n) is 7.68. The maximum absolute atomic E-state index is 13.2. The van der Waals surface area contributed by atoms with Crippen LogP contribution in [0.4, 0.5) is 10.5 Å². The Labute approximate surface area is 200 Å². The molecule has 1 fully saturated rings. The first-order valence-corrected chi connectivity index (χ1v) is 10.7. The SMILES string of the molecule is COc1cc(/C=C2\C(=O)NC(=O)N(c3ccc4c(c3)OCO4)C2=O)ccc1OCc1ccccc1. The molecular formula is C26H20N2O7. The van der Waals surface area contributed by atoms with Gasteiger partial charge in [0.2, 0.25) is 6.79 Å². The lowest BCUT2D eigenvalue weighted by molar-refractivity contribution is -0.122. The summed E-state index contributed by atoms with van der Waals surface area (Å²) in [4.78, 5) is 39.1. The van der Waals surface area contributed by atoms with Crippen LogP contribution in [0.1, 0.15) is 11.1 Å². The van der Waals surface area contributed by atoms with Gasteiger partial charge < -0.3 is 18.9 Å². The summed E-state index contributed by atoms with van der Waals surface area (Å²) in [5, 5.41) is 2.21. The van der Waals surface area contributed by atoms with Gasteiger partial charge >= 0.3 is 6.03 Å². The minimum Gasteiger partial charge on any atom is -0.493 e. The van der Waals surface area contributed by atoms with Crippen molar-refractivity contribution in [1.82, 2.24) is 5.32 Å². The molecule has 1 N–H and O–H groups in total. The normalized spacial score (nSPS) is 15.9. The summed E-state index contributed by atoms with van der Waals surface area (Å²) in [7, 11) is 1.50. The molecule has 0 atom stereocenters. The van der Waals surface area contributed by atoms with Crippen molar-refractivity contribution in [2.75, 3.05) is 18.8 Å². The largest absolute Gasteiger partial charge is 0.493 e. The van der Waals surface area contributed by atoms with Crippen molar-refractivity contribution in [1.29, 1.82) is 0 Å². The molecule has 5 rings (SSSR count). The molecule has 2 heterocycles. The van der Waals surface area contributed by atoms with E-state index in [1.165, 1.54) is 19.3 Å². The number of ether oxygens (including phenoxy) is 4. The number of anilines is 1. The first-order valence-electron chi connectivity index (χ1n) is 10.7. The summed E-state index contributed by atoms with van der Waals surface area (Å²) in [5.41, 5.74) is 1.56. The van der Waals surface area contributed by atoms with Gasteiger partial charge in [-0.3, -0.25) is 14.9 Å². The van der Waals surface area contributed by atoms with Gasteiger partial charge in [-0.2, -0.15) is 0 Å². The molecule has 3 aromatic rings. The predicted octanol–water partition coefficient (Wildman–Crippen LogP) is 3.67. The summed E-state index contributed by atoms with van der Waals surface area (Å²) < 4.78 is 21.9. The number of amides is 4. The molecule has 0 unspecified atom stereocenters. The molecule has 0 aromatic heterocycles. The fourth-order valence-electron chi connectivity index (χ4n) is 3.71. The van der Waals surface area contributed by atoms with Crippen molar-refractivity contribution in [3.05, 3.63) is 83.4 Å². The zero-order valence-electron chi connectivity index (χ0n) is 18.6. The Hall–Kier alpha value is -4.79. The van der Waals surface area contributed by atoms with E-state index in [9.17, 15) is 14.4 Å². The van der Waals surface area contributed by atoms with Crippen LogP contribution in [0.3, 0.4) is 0 Å². The van der Waals surface area contributed by atoms with Crippen LogP contribution in [0.2, 0.25) is 0 Å². The zero-order chi connectivity index (χ0) is 24.4. The monoisotopic (exact) mass is 472 g/mol. The highest BCUT2D eigenvalue weighted by Crippen LogP contribution is 2.36. The van der Waals surface area contributed by atoms with Crippen LogP contribution in [0.5, 0.6) is 23.0 Å². The lowest BCUT2D eigenvalue weighted by atomic mass is 10.1. The molecule has 176 valence electrons. The smallest absolute Gasteiger partial charge is 0.335 e. The standard InChI is InChI=1S/C26H20N2O7/c1-32-22-12-17(7-9-20(22)33-14-16-5-3-2-4-6-16)11-19-24(29)27-26(31)28(25(19)30)18-8-10-21-23(13-18)35-15-34-21/h2-13H,14-15H2,1H3,(H,27,29,31)/b19-11+. The Balaban J connectivity index is 1.41. The highest BCUT2D eigenvalue weighted by Gasteiger charge is 2.37. The maximum Gasteiger partial charge on any atom is 0.335 e. The molecule has 0 saturated carbocycles. The van der Waals surface area contributed by atoms with E-state index in [2.05, 4.69) is 5.32 Å². The number of hydrogen-bond acceptors (Lipinski definition) is 7. The van der Waals surface area contributed by atoms with Crippen LogP contribution < -0.4 is 29.2 Å². The van der Waals surface area contributed by atoms with Crippen LogP contribution in [0.25, 0.3) is 6.08 Å². The van der Waals surface area contributed by atoms with E-state index < -0.39 is 17.8 Å². The number of nitrogens with one attached hydrogen (secondary N) is 1. The molecule has 9 heteroatoms. The molecule has 2 aliphatic rings. The van der Waals surface area contributed by atoms with Crippen LogP contribution in [0, 0.1) is 0 Å². The molecule has 0 spiro atoms. The van der Waals surface area contributed by atoms with E-state index in [1.54, 1.807) is 30.3 Å². The highest BCUT2D eigenvalue weighted by molar-refractivity contribution is 6.39. The van der Waals surface area contributed by atoms with Gasteiger partial charge in [-0.25, -0.2) is 9.69 Å². The Kier molecular flexibility index (Phi) is 5.80. The summed E-state index contributed by atoms with van der Waals surface area (Å²) in [6.07, 6.45) is 1.40. The molecule has 9 nitrogen and oxygen atoms in total. The number of barbiturate groups is 1. The molecule has 4 amide bonds. The lowest BCUT2D eigenvalue weighted by Crippen LogP contribution is -2.54. The number of urea groups is 1. The first kappa shape index (κ1) is 22.0. The minimum absolute atomic E-state index is 0.0511. The van der Waals surface area contributed by atoms with Crippen molar-refractivity contribution in [3.63, 3.8) is 0 Å². The third-order valence-electron chi connectivity index (χ3n) is 5.45.